The molecule has 0 bridgehead atoms. The number of rotatable bonds is 2. The van der Waals surface area contributed by atoms with E-state index in [-0.39, 0.29) is 17.8 Å². The van der Waals surface area contributed by atoms with Gasteiger partial charge in [0.05, 0.1) is 6.04 Å². The van der Waals surface area contributed by atoms with Gasteiger partial charge in [0.15, 0.2) is 0 Å². The number of nitrogens with one attached hydrogen (secondary N) is 2. The van der Waals surface area contributed by atoms with Gasteiger partial charge in [0.25, 0.3) is 0 Å². The summed E-state index contributed by atoms with van der Waals surface area (Å²) in [5.41, 5.74) is 0.614. The van der Waals surface area contributed by atoms with Crippen LogP contribution in [0, 0.1) is 5.82 Å². The number of hydrogen-bond donors (Lipinski definition) is 2. The van der Waals surface area contributed by atoms with E-state index in [1.807, 2.05) is 12.2 Å². The first-order chi connectivity index (χ1) is 7.75. The number of hydrogen-bond acceptors (Lipinski definition) is 2. The Morgan fingerprint density at radius 2 is 2.06 bits per heavy atom. The first-order valence-electron chi connectivity index (χ1n) is 5.20. The van der Waals surface area contributed by atoms with Crippen LogP contribution in [0.15, 0.2) is 36.4 Å². The SMILES string of the molecule is O=C(Nc1ccc(F)cc1)C1CC=CCN1. The molecule has 16 heavy (non-hydrogen) atoms. The molecule has 2 rings (SSSR count). The largest absolute Gasteiger partial charge is 0.325 e. The standard InChI is InChI=1S/C12H13FN2O/c13-9-4-6-10(7-5-9)15-12(16)11-3-1-2-8-14-11/h1-2,4-7,11,14H,3,8H2,(H,15,16). The van der Waals surface area contributed by atoms with Crippen molar-refractivity contribution in [3.63, 3.8) is 0 Å². The maximum Gasteiger partial charge on any atom is 0.241 e. The van der Waals surface area contributed by atoms with Crippen molar-refractivity contribution < 1.29 is 9.18 Å². The molecule has 0 fully saturated rings. The van der Waals surface area contributed by atoms with Crippen molar-refractivity contribution >= 4 is 11.6 Å². The van der Waals surface area contributed by atoms with E-state index in [4.69, 9.17) is 0 Å². The maximum atomic E-state index is 12.6. The zero-order chi connectivity index (χ0) is 11.4. The molecule has 0 spiro atoms. The van der Waals surface area contributed by atoms with Gasteiger partial charge in [-0.3, -0.25) is 4.79 Å². The second-order valence-corrected chi connectivity index (χ2v) is 3.66. The zero-order valence-corrected chi connectivity index (χ0v) is 8.74. The molecule has 1 aromatic carbocycles. The van der Waals surface area contributed by atoms with Gasteiger partial charge in [-0.25, -0.2) is 4.39 Å². The average Bonchev–Trinajstić information content (AvgIpc) is 2.33. The third kappa shape index (κ3) is 2.67. The van der Waals surface area contributed by atoms with Gasteiger partial charge in [-0.2, -0.15) is 0 Å². The molecular weight excluding hydrogens is 207 g/mol. The second-order valence-electron chi connectivity index (χ2n) is 3.66. The quantitative estimate of drug-likeness (QED) is 0.744. The normalized spacial score (nSPS) is 19.4. The molecule has 1 aromatic rings. The van der Waals surface area contributed by atoms with Gasteiger partial charge >= 0.3 is 0 Å². The van der Waals surface area contributed by atoms with Crippen molar-refractivity contribution in [2.45, 2.75) is 12.5 Å². The van der Waals surface area contributed by atoms with Gasteiger partial charge in [-0.05, 0) is 30.7 Å². The topological polar surface area (TPSA) is 41.1 Å². The van der Waals surface area contributed by atoms with Crippen molar-refractivity contribution in [3.8, 4) is 0 Å². The molecule has 0 saturated carbocycles. The van der Waals surface area contributed by atoms with Crippen LogP contribution in [0.4, 0.5) is 10.1 Å². The van der Waals surface area contributed by atoms with Crippen LogP contribution in [0.1, 0.15) is 6.42 Å². The molecule has 84 valence electrons. The summed E-state index contributed by atoms with van der Waals surface area (Å²) in [7, 11) is 0. The predicted molar refractivity (Wildman–Crippen MR) is 60.6 cm³/mol. The van der Waals surface area contributed by atoms with Crippen LogP contribution < -0.4 is 10.6 Å². The molecule has 1 aliphatic heterocycles. The van der Waals surface area contributed by atoms with Crippen LogP contribution in [-0.2, 0) is 4.79 Å². The highest BCUT2D eigenvalue weighted by molar-refractivity contribution is 5.95. The summed E-state index contributed by atoms with van der Waals surface area (Å²) in [5.74, 6) is -0.396. The number of carbonyl (C=O) groups is 1. The number of halogens is 1. The zero-order valence-electron chi connectivity index (χ0n) is 8.74. The van der Waals surface area contributed by atoms with E-state index in [1.54, 1.807) is 12.1 Å². The Labute approximate surface area is 93.4 Å². The Bertz CT molecular complexity index is 400. The molecule has 1 amide bonds. The molecule has 0 radical (unpaired) electrons. The van der Waals surface area contributed by atoms with Crippen molar-refractivity contribution in [3.05, 3.63) is 42.2 Å². The smallest absolute Gasteiger partial charge is 0.241 e. The summed E-state index contributed by atoms with van der Waals surface area (Å²) in [6, 6.07) is 5.54. The van der Waals surface area contributed by atoms with Crippen molar-refractivity contribution in [2.75, 3.05) is 11.9 Å². The van der Waals surface area contributed by atoms with Crippen LogP contribution in [0.25, 0.3) is 0 Å². The average molecular weight is 220 g/mol. The summed E-state index contributed by atoms with van der Waals surface area (Å²) in [4.78, 5) is 11.8. The van der Waals surface area contributed by atoms with Crippen LogP contribution in [0.5, 0.6) is 0 Å². The van der Waals surface area contributed by atoms with Gasteiger partial charge in [-0.1, -0.05) is 12.2 Å². The molecule has 3 nitrogen and oxygen atoms in total. The minimum absolute atomic E-state index is 0.0871. The minimum Gasteiger partial charge on any atom is -0.325 e. The maximum absolute atomic E-state index is 12.6. The first-order valence-corrected chi connectivity index (χ1v) is 5.20. The van der Waals surface area contributed by atoms with E-state index in [9.17, 15) is 9.18 Å². The van der Waals surface area contributed by atoms with E-state index in [2.05, 4.69) is 10.6 Å². The summed E-state index contributed by atoms with van der Waals surface area (Å²) >= 11 is 0. The number of anilines is 1. The van der Waals surface area contributed by atoms with E-state index >= 15 is 0 Å². The Kier molecular flexibility index (Phi) is 3.31. The fraction of sp³-hybridized carbons (Fsp3) is 0.250. The van der Waals surface area contributed by atoms with Gasteiger partial charge < -0.3 is 10.6 Å². The predicted octanol–water partition coefficient (Wildman–Crippen LogP) is 1.68. The Morgan fingerprint density at radius 3 is 2.69 bits per heavy atom. The van der Waals surface area contributed by atoms with E-state index in [0.717, 1.165) is 0 Å². The number of amides is 1. The van der Waals surface area contributed by atoms with Gasteiger partial charge in [-0.15, -0.1) is 0 Å². The highest BCUT2D eigenvalue weighted by atomic mass is 19.1. The lowest BCUT2D eigenvalue weighted by atomic mass is 10.1. The van der Waals surface area contributed by atoms with Crippen LogP contribution >= 0.6 is 0 Å². The van der Waals surface area contributed by atoms with E-state index in [0.29, 0.717) is 18.7 Å². The highest BCUT2D eigenvalue weighted by Gasteiger charge is 2.17. The first kappa shape index (κ1) is 10.8. The van der Waals surface area contributed by atoms with Crippen LogP contribution in [0.3, 0.4) is 0 Å². The number of benzene rings is 1. The minimum atomic E-state index is -0.309. The molecule has 4 heteroatoms. The van der Waals surface area contributed by atoms with Crippen molar-refractivity contribution in [1.82, 2.24) is 5.32 Å². The second kappa shape index (κ2) is 4.90. The summed E-state index contributed by atoms with van der Waals surface area (Å²) in [6.45, 7) is 0.710. The Hall–Kier alpha value is -1.68. The highest BCUT2D eigenvalue weighted by Crippen LogP contribution is 2.10. The fourth-order valence-electron chi connectivity index (χ4n) is 1.57. The Morgan fingerprint density at radius 1 is 1.31 bits per heavy atom. The molecule has 1 atom stereocenters. The van der Waals surface area contributed by atoms with E-state index < -0.39 is 0 Å². The fourth-order valence-corrected chi connectivity index (χ4v) is 1.57. The summed E-state index contributed by atoms with van der Waals surface area (Å²) in [6.07, 6.45) is 4.65. The Balaban J connectivity index is 1.96. The molecule has 0 saturated heterocycles. The molecule has 1 heterocycles. The molecule has 0 aliphatic carbocycles. The third-order valence-electron chi connectivity index (χ3n) is 2.45. The molecule has 2 N–H and O–H groups in total. The van der Waals surface area contributed by atoms with E-state index in [1.165, 1.54) is 12.1 Å². The molecule has 1 unspecified atom stereocenters. The number of carbonyl (C=O) groups excluding carboxylic acids is 1. The van der Waals surface area contributed by atoms with Crippen LogP contribution in [0.2, 0.25) is 0 Å². The van der Waals surface area contributed by atoms with Crippen molar-refractivity contribution in [1.29, 1.82) is 0 Å². The lowest BCUT2D eigenvalue weighted by Gasteiger charge is -2.18. The molecule has 1 aliphatic rings. The lowest BCUT2D eigenvalue weighted by molar-refractivity contribution is -0.118. The monoisotopic (exact) mass is 220 g/mol. The molecular formula is C12H13FN2O. The van der Waals surface area contributed by atoms with Crippen LogP contribution in [-0.4, -0.2) is 18.5 Å². The third-order valence-corrected chi connectivity index (χ3v) is 2.45. The summed E-state index contributed by atoms with van der Waals surface area (Å²) in [5, 5.41) is 5.81. The molecule has 0 aromatic heterocycles. The van der Waals surface area contributed by atoms with Gasteiger partial charge in [0.1, 0.15) is 5.82 Å². The van der Waals surface area contributed by atoms with Gasteiger partial charge in [0.2, 0.25) is 5.91 Å². The summed E-state index contributed by atoms with van der Waals surface area (Å²) < 4.78 is 12.6. The lowest BCUT2D eigenvalue weighted by Crippen LogP contribution is -2.41. The van der Waals surface area contributed by atoms with Crippen molar-refractivity contribution in [2.24, 2.45) is 0 Å². The van der Waals surface area contributed by atoms with Gasteiger partial charge in [0, 0.05) is 12.2 Å².